The predicted octanol–water partition coefficient (Wildman–Crippen LogP) is 3.86. The van der Waals surface area contributed by atoms with Gasteiger partial charge in [-0.2, -0.15) is 0 Å². The molecule has 0 aliphatic rings. The van der Waals surface area contributed by atoms with Crippen molar-refractivity contribution in [2.75, 3.05) is 0 Å². The Morgan fingerprint density at radius 3 is 1.96 bits per heavy atom. The Morgan fingerprint density at radius 2 is 1.43 bits per heavy atom. The standard InChI is InChI=1S/C13H12O6P2S2/c14-20(15,16)13(22)21(17,18)19-10-6-8-12(9-7-10)23-11-4-2-1-3-5-11/h1-9H,(H,17,18)(H2,14,15,16). The zero-order valence-electron chi connectivity index (χ0n) is 11.5. The van der Waals surface area contributed by atoms with Crippen LogP contribution in [0.2, 0.25) is 0 Å². The van der Waals surface area contributed by atoms with Crippen LogP contribution < -0.4 is 4.52 Å². The van der Waals surface area contributed by atoms with E-state index in [1.165, 1.54) is 23.9 Å². The van der Waals surface area contributed by atoms with Crippen molar-refractivity contribution in [3.05, 3.63) is 54.6 Å². The highest BCUT2D eigenvalue weighted by molar-refractivity contribution is 8.16. The van der Waals surface area contributed by atoms with Crippen molar-refractivity contribution in [2.45, 2.75) is 9.79 Å². The van der Waals surface area contributed by atoms with E-state index < -0.39 is 19.5 Å². The summed E-state index contributed by atoms with van der Waals surface area (Å²) in [4.78, 5) is 29.2. The lowest BCUT2D eigenvalue weighted by Crippen LogP contribution is -2.03. The molecule has 2 aromatic rings. The molecule has 0 aliphatic carbocycles. The Bertz CT molecular complexity index is 788. The van der Waals surface area contributed by atoms with Crippen molar-refractivity contribution in [3.63, 3.8) is 0 Å². The minimum absolute atomic E-state index is 0.0101. The van der Waals surface area contributed by atoms with Gasteiger partial charge in [0.25, 0.3) is 0 Å². The predicted molar refractivity (Wildman–Crippen MR) is 92.1 cm³/mol. The van der Waals surface area contributed by atoms with Crippen molar-refractivity contribution in [1.29, 1.82) is 0 Å². The van der Waals surface area contributed by atoms with Crippen LogP contribution in [0.3, 0.4) is 0 Å². The SMILES string of the molecule is O=P(O)(O)C(=S)P(=O)(O)Oc1ccc(Sc2ccccc2)cc1. The molecule has 0 bridgehead atoms. The zero-order chi connectivity index (χ0) is 17.1. The number of benzene rings is 2. The number of rotatable bonds is 6. The topological polar surface area (TPSA) is 104 Å². The fourth-order valence-electron chi connectivity index (χ4n) is 1.54. The lowest BCUT2D eigenvalue weighted by molar-refractivity contribution is 0.385. The van der Waals surface area contributed by atoms with E-state index in [1.807, 2.05) is 30.3 Å². The molecule has 1 unspecified atom stereocenters. The summed E-state index contributed by atoms with van der Waals surface area (Å²) in [5.41, 5.74) is 0. The van der Waals surface area contributed by atoms with Crippen molar-refractivity contribution in [3.8, 4) is 5.75 Å². The second-order valence-corrected chi connectivity index (χ2v) is 10.0. The van der Waals surface area contributed by atoms with Crippen LogP contribution in [0.1, 0.15) is 0 Å². The number of hydrogen-bond acceptors (Lipinski definition) is 5. The van der Waals surface area contributed by atoms with E-state index in [9.17, 15) is 14.0 Å². The molecule has 0 saturated heterocycles. The Hall–Kier alpha value is -0.980. The van der Waals surface area contributed by atoms with Crippen LogP contribution >= 0.6 is 39.2 Å². The smallest absolute Gasteiger partial charge is 0.421 e. The van der Waals surface area contributed by atoms with Gasteiger partial charge in [0.2, 0.25) is 4.35 Å². The molecule has 1 atom stereocenters. The lowest BCUT2D eigenvalue weighted by atomic mass is 10.3. The quantitative estimate of drug-likeness (QED) is 0.505. The molecule has 10 heteroatoms. The van der Waals surface area contributed by atoms with Gasteiger partial charge in [0.15, 0.2) is 0 Å². The van der Waals surface area contributed by atoms with E-state index in [1.54, 1.807) is 12.1 Å². The van der Waals surface area contributed by atoms with E-state index in [2.05, 4.69) is 12.2 Å². The van der Waals surface area contributed by atoms with Crippen molar-refractivity contribution >= 4 is 43.5 Å². The summed E-state index contributed by atoms with van der Waals surface area (Å²) in [5.74, 6) is -0.0101. The minimum atomic E-state index is -4.98. The third kappa shape index (κ3) is 5.26. The summed E-state index contributed by atoms with van der Waals surface area (Å²) < 4.78 is 26.2. The Balaban J connectivity index is 2.10. The monoisotopic (exact) mass is 390 g/mol. The summed E-state index contributed by atoms with van der Waals surface area (Å²) >= 11 is 5.82. The highest BCUT2D eigenvalue weighted by Gasteiger charge is 2.40. The molecule has 0 aromatic heterocycles. The van der Waals surface area contributed by atoms with E-state index in [0.29, 0.717) is 0 Å². The van der Waals surface area contributed by atoms with Crippen LogP contribution in [-0.2, 0) is 9.13 Å². The molecule has 0 heterocycles. The van der Waals surface area contributed by atoms with Gasteiger partial charge in [0.1, 0.15) is 5.75 Å². The van der Waals surface area contributed by atoms with Gasteiger partial charge in [0.05, 0.1) is 0 Å². The molecule has 0 amide bonds. The van der Waals surface area contributed by atoms with Gasteiger partial charge in [-0.3, -0.25) is 4.57 Å². The first-order valence-electron chi connectivity index (χ1n) is 6.14. The summed E-state index contributed by atoms with van der Waals surface area (Å²) in [5, 5.41) is 0. The first-order chi connectivity index (χ1) is 10.7. The maximum atomic E-state index is 11.8. The summed E-state index contributed by atoms with van der Waals surface area (Å²) in [6.45, 7) is 0. The molecule has 0 saturated carbocycles. The normalized spacial score (nSPS) is 14.0. The second-order valence-electron chi connectivity index (χ2n) is 4.32. The maximum Gasteiger partial charge on any atom is 0.427 e. The van der Waals surface area contributed by atoms with Crippen molar-refractivity contribution in [2.24, 2.45) is 0 Å². The Kier molecular flexibility index (Phi) is 5.81. The number of hydrogen-bond donors (Lipinski definition) is 3. The van der Waals surface area contributed by atoms with E-state index in [0.717, 1.165) is 9.79 Å². The fraction of sp³-hybridized carbons (Fsp3) is 0. The molecule has 2 rings (SSSR count). The highest BCUT2D eigenvalue weighted by Crippen LogP contribution is 2.58. The first kappa shape index (κ1) is 18.4. The third-order valence-electron chi connectivity index (χ3n) is 2.52. The summed E-state index contributed by atoms with van der Waals surface area (Å²) in [6.07, 6.45) is 0. The van der Waals surface area contributed by atoms with Gasteiger partial charge in [-0.05, 0) is 36.4 Å². The zero-order valence-corrected chi connectivity index (χ0v) is 14.9. The summed E-state index contributed by atoms with van der Waals surface area (Å²) in [6, 6.07) is 15.8. The molecule has 122 valence electrons. The molecule has 23 heavy (non-hydrogen) atoms. The largest absolute Gasteiger partial charge is 0.427 e. The van der Waals surface area contributed by atoms with E-state index >= 15 is 0 Å². The van der Waals surface area contributed by atoms with E-state index in [-0.39, 0.29) is 5.75 Å². The van der Waals surface area contributed by atoms with Gasteiger partial charge in [-0.25, -0.2) is 4.57 Å². The lowest BCUT2D eigenvalue weighted by Gasteiger charge is -2.14. The van der Waals surface area contributed by atoms with Gasteiger partial charge in [-0.1, -0.05) is 42.2 Å². The molecule has 0 fully saturated rings. The van der Waals surface area contributed by atoms with Gasteiger partial charge in [0, 0.05) is 9.79 Å². The molecule has 0 radical (unpaired) electrons. The van der Waals surface area contributed by atoms with Crippen LogP contribution in [0.5, 0.6) is 5.75 Å². The Labute approximate surface area is 142 Å². The number of thiocarbonyl (C=S) groups is 1. The van der Waals surface area contributed by atoms with Crippen LogP contribution in [0, 0.1) is 0 Å². The molecule has 6 nitrogen and oxygen atoms in total. The van der Waals surface area contributed by atoms with Gasteiger partial charge < -0.3 is 19.2 Å². The van der Waals surface area contributed by atoms with Gasteiger partial charge >= 0.3 is 15.2 Å². The molecule has 2 aromatic carbocycles. The Morgan fingerprint density at radius 1 is 0.913 bits per heavy atom. The summed E-state index contributed by atoms with van der Waals surface area (Å²) in [7, 11) is -9.73. The molecular weight excluding hydrogens is 378 g/mol. The van der Waals surface area contributed by atoms with Crippen molar-refractivity contribution in [1.82, 2.24) is 0 Å². The van der Waals surface area contributed by atoms with E-state index in [4.69, 9.17) is 14.3 Å². The first-order valence-corrected chi connectivity index (χ1v) is 10.6. The highest BCUT2D eigenvalue weighted by atomic mass is 32.2. The minimum Gasteiger partial charge on any atom is -0.421 e. The van der Waals surface area contributed by atoms with Crippen LogP contribution in [-0.4, -0.2) is 19.0 Å². The molecule has 0 aliphatic heterocycles. The molecular formula is C13H12O6P2S2. The molecule has 0 spiro atoms. The average Bonchev–Trinajstić information content (AvgIpc) is 2.48. The van der Waals surface area contributed by atoms with Crippen LogP contribution in [0.25, 0.3) is 0 Å². The molecule has 3 N–H and O–H groups in total. The van der Waals surface area contributed by atoms with Crippen LogP contribution in [0.4, 0.5) is 0 Å². The van der Waals surface area contributed by atoms with Gasteiger partial charge in [-0.15, -0.1) is 0 Å². The van der Waals surface area contributed by atoms with Crippen LogP contribution in [0.15, 0.2) is 64.4 Å². The third-order valence-corrected chi connectivity index (χ3v) is 7.92. The average molecular weight is 390 g/mol. The van der Waals surface area contributed by atoms with Crippen molar-refractivity contribution < 1.29 is 28.3 Å². The fourth-order valence-corrected chi connectivity index (χ4v) is 4.41. The second kappa shape index (κ2) is 7.28. The maximum absolute atomic E-state index is 11.8.